The first kappa shape index (κ1) is 16.4. The van der Waals surface area contributed by atoms with Crippen LogP contribution in [-0.2, 0) is 4.79 Å². The molecule has 0 aliphatic heterocycles. The van der Waals surface area contributed by atoms with Crippen LogP contribution in [0.15, 0.2) is 0 Å². The van der Waals surface area contributed by atoms with Crippen molar-refractivity contribution in [3.63, 3.8) is 0 Å². The second-order valence-corrected chi connectivity index (χ2v) is 5.53. The summed E-state index contributed by atoms with van der Waals surface area (Å²) in [5, 5.41) is 8.99. The molecule has 1 N–H and O–H groups in total. The Morgan fingerprint density at radius 1 is 1.18 bits per heavy atom. The standard InChI is InChI=1S/C14H29NO2/c1-6-12(5)8-13(7-2)15(9-11(3)4)10-14(16)17/h11-13H,6-10H2,1-5H3,(H,16,17). The van der Waals surface area contributed by atoms with Crippen molar-refractivity contribution in [2.24, 2.45) is 11.8 Å². The minimum absolute atomic E-state index is 0.174. The number of aliphatic carboxylic acids is 1. The van der Waals surface area contributed by atoms with Gasteiger partial charge in [0.2, 0.25) is 0 Å². The highest BCUT2D eigenvalue weighted by molar-refractivity contribution is 5.69. The van der Waals surface area contributed by atoms with E-state index in [2.05, 4.69) is 39.5 Å². The van der Waals surface area contributed by atoms with Crippen LogP contribution in [0.4, 0.5) is 0 Å². The van der Waals surface area contributed by atoms with Gasteiger partial charge in [0, 0.05) is 12.6 Å². The molecule has 0 aromatic heterocycles. The van der Waals surface area contributed by atoms with Gasteiger partial charge >= 0.3 is 5.97 Å². The molecule has 17 heavy (non-hydrogen) atoms. The van der Waals surface area contributed by atoms with E-state index in [0.29, 0.717) is 17.9 Å². The first-order valence-corrected chi connectivity index (χ1v) is 6.86. The third-order valence-electron chi connectivity index (χ3n) is 3.30. The maximum absolute atomic E-state index is 10.9. The van der Waals surface area contributed by atoms with Gasteiger partial charge in [-0.2, -0.15) is 0 Å². The molecule has 0 radical (unpaired) electrons. The fraction of sp³-hybridized carbons (Fsp3) is 0.929. The van der Waals surface area contributed by atoms with Crippen molar-refractivity contribution < 1.29 is 9.90 Å². The third kappa shape index (κ3) is 7.37. The van der Waals surface area contributed by atoms with E-state index in [0.717, 1.165) is 19.4 Å². The van der Waals surface area contributed by atoms with Gasteiger partial charge in [0.25, 0.3) is 0 Å². The average Bonchev–Trinajstić information content (AvgIpc) is 2.23. The fourth-order valence-electron chi connectivity index (χ4n) is 2.19. The maximum Gasteiger partial charge on any atom is 0.317 e. The van der Waals surface area contributed by atoms with E-state index < -0.39 is 5.97 Å². The van der Waals surface area contributed by atoms with E-state index in [9.17, 15) is 4.79 Å². The van der Waals surface area contributed by atoms with Crippen LogP contribution in [0.2, 0.25) is 0 Å². The van der Waals surface area contributed by atoms with Gasteiger partial charge < -0.3 is 5.11 Å². The van der Waals surface area contributed by atoms with Crippen molar-refractivity contribution in [2.75, 3.05) is 13.1 Å². The Hall–Kier alpha value is -0.570. The number of hydrogen-bond donors (Lipinski definition) is 1. The van der Waals surface area contributed by atoms with Crippen LogP contribution in [0.3, 0.4) is 0 Å². The van der Waals surface area contributed by atoms with Crippen molar-refractivity contribution in [3.05, 3.63) is 0 Å². The molecule has 0 spiro atoms. The smallest absolute Gasteiger partial charge is 0.317 e. The van der Waals surface area contributed by atoms with Gasteiger partial charge in [0.05, 0.1) is 6.54 Å². The van der Waals surface area contributed by atoms with Crippen molar-refractivity contribution in [2.45, 2.75) is 59.9 Å². The number of hydrogen-bond acceptors (Lipinski definition) is 2. The molecular weight excluding hydrogens is 214 g/mol. The van der Waals surface area contributed by atoms with Crippen molar-refractivity contribution in [1.82, 2.24) is 4.90 Å². The summed E-state index contributed by atoms with van der Waals surface area (Å²) in [6.45, 7) is 11.9. The lowest BCUT2D eigenvalue weighted by molar-refractivity contribution is -0.139. The molecule has 0 amide bonds. The van der Waals surface area contributed by atoms with E-state index in [1.165, 1.54) is 6.42 Å². The minimum Gasteiger partial charge on any atom is -0.480 e. The summed E-state index contributed by atoms with van der Waals surface area (Å²) in [4.78, 5) is 13.1. The Labute approximate surface area is 106 Å². The molecule has 2 atom stereocenters. The quantitative estimate of drug-likeness (QED) is 0.676. The molecule has 0 bridgehead atoms. The molecule has 102 valence electrons. The maximum atomic E-state index is 10.9. The molecule has 0 aromatic rings. The molecule has 0 aliphatic rings. The molecule has 0 saturated heterocycles. The van der Waals surface area contributed by atoms with E-state index in [-0.39, 0.29) is 6.54 Å². The van der Waals surface area contributed by atoms with Gasteiger partial charge in [0.15, 0.2) is 0 Å². The second kappa shape index (κ2) is 8.51. The highest BCUT2D eigenvalue weighted by atomic mass is 16.4. The third-order valence-corrected chi connectivity index (χ3v) is 3.30. The number of carbonyl (C=O) groups is 1. The summed E-state index contributed by atoms with van der Waals surface area (Å²) < 4.78 is 0. The van der Waals surface area contributed by atoms with Crippen LogP contribution in [0.25, 0.3) is 0 Å². The van der Waals surface area contributed by atoms with Gasteiger partial charge in [-0.25, -0.2) is 0 Å². The molecule has 0 heterocycles. The van der Waals surface area contributed by atoms with Crippen LogP contribution in [0, 0.1) is 11.8 Å². The van der Waals surface area contributed by atoms with Crippen LogP contribution < -0.4 is 0 Å². The number of carboxylic acids is 1. The minimum atomic E-state index is -0.715. The van der Waals surface area contributed by atoms with Crippen LogP contribution >= 0.6 is 0 Å². The van der Waals surface area contributed by atoms with E-state index in [1.807, 2.05) is 0 Å². The molecule has 2 unspecified atom stereocenters. The predicted molar refractivity (Wildman–Crippen MR) is 72.2 cm³/mol. The average molecular weight is 243 g/mol. The van der Waals surface area contributed by atoms with Crippen LogP contribution in [0.5, 0.6) is 0 Å². The summed E-state index contributed by atoms with van der Waals surface area (Å²) in [5.41, 5.74) is 0. The Morgan fingerprint density at radius 3 is 2.12 bits per heavy atom. The summed E-state index contributed by atoms with van der Waals surface area (Å²) in [6, 6.07) is 0.406. The number of carboxylic acid groups (broad SMARTS) is 1. The Bertz CT molecular complexity index is 216. The molecule has 0 aromatic carbocycles. The SMILES string of the molecule is CCC(C)CC(CC)N(CC(=O)O)CC(C)C. The van der Waals surface area contributed by atoms with E-state index in [4.69, 9.17) is 5.11 Å². The summed E-state index contributed by atoms with van der Waals surface area (Å²) in [7, 11) is 0. The van der Waals surface area contributed by atoms with Gasteiger partial charge in [-0.3, -0.25) is 9.69 Å². The molecular formula is C14H29NO2. The zero-order valence-corrected chi connectivity index (χ0v) is 12.1. The lowest BCUT2D eigenvalue weighted by Gasteiger charge is -2.32. The summed E-state index contributed by atoms with van der Waals surface area (Å²) in [6.07, 6.45) is 3.30. The zero-order valence-electron chi connectivity index (χ0n) is 12.1. The van der Waals surface area contributed by atoms with Gasteiger partial charge in [-0.05, 0) is 24.7 Å². The van der Waals surface area contributed by atoms with E-state index in [1.54, 1.807) is 0 Å². The lowest BCUT2D eigenvalue weighted by Crippen LogP contribution is -2.41. The second-order valence-electron chi connectivity index (χ2n) is 5.53. The molecule has 0 aliphatic carbocycles. The fourth-order valence-corrected chi connectivity index (χ4v) is 2.19. The Morgan fingerprint density at radius 2 is 1.76 bits per heavy atom. The van der Waals surface area contributed by atoms with Gasteiger partial charge in [0.1, 0.15) is 0 Å². The first-order chi connectivity index (χ1) is 7.90. The number of rotatable bonds is 9. The summed E-state index contributed by atoms with van der Waals surface area (Å²) in [5.74, 6) is 0.469. The Kier molecular flexibility index (Phi) is 8.23. The molecule has 0 rings (SSSR count). The zero-order chi connectivity index (χ0) is 13.4. The van der Waals surface area contributed by atoms with Crippen LogP contribution in [-0.4, -0.2) is 35.1 Å². The largest absolute Gasteiger partial charge is 0.480 e. The molecule has 3 heteroatoms. The van der Waals surface area contributed by atoms with E-state index >= 15 is 0 Å². The highest BCUT2D eigenvalue weighted by Crippen LogP contribution is 2.18. The molecule has 3 nitrogen and oxygen atoms in total. The monoisotopic (exact) mass is 243 g/mol. The lowest BCUT2D eigenvalue weighted by atomic mass is 9.96. The van der Waals surface area contributed by atoms with Gasteiger partial charge in [-0.1, -0.05) is 41.0 Å². The topological polar surface area (TPSA) is 40.5 Å². The first-order valence-electron chi connectivity index (χ1n) is 6.86. The van der Waals surface area contributed by atoms with Crippen molar-refractivity contribution in [3.8, 4) is 0 Å². The molecule has 0 fully saturated rings. The summed E-state index contributed by atoms with van der Waals surface area (Å²) >= 11 is 0. The number of nitrogens with zero attached hydrogens (tertiary/aromatic N) is 1. The van der Waals surface area contributed by atoms with Gasteiger partial charge in [-0.15, -0.1) is 0 Å². The van der Waals surface area contributed by atoms with Crippen LogP contribution in [0.1, 0.15) is 53.9 Å². The normalized spacial score (nSPS) is 15.2. The Balaban J connectivity index is 4.53. The molecule has 0 saturated carbocycles. The predicted octanol–water partition coefficient (Wildman–Crippen LogP) is 3.24. The van der Waals surface area contributed by atoms with Crippen molar-refractivity contribution in [1.29, 1.82) is 0 Å². The highest BCUT2D eigenvalue weighted by Gasteiger charge is 2.21. The van der Waals surface area contributed by atoms with Crippen molar-refractivity contribution >= 4 is 5.97 Å².